The molecule has 0 atom stereocenters. The summed E-state index contributed by atoms with van der Waals surface area (Å²) in [5.74, 6) is -0.123. The Bertz CT molecular complexity index is 663. The van der Waals surface area contributed by atoms with Crippen molar-refractivity contribution in [2.75, 3.05) is 39.4 Å². The van der Waals surface area contributed by atoms with Gasteiger partial charge in [-0.05, 0) is 26.7 Å². The van der Waals surface area contributed by atoms with Crippen LogP contribution in [0.15, 0.2) is 0 Å². The van der Waals surface area contributed by atoms with E-state index >= 15 is 0 Å². The molecule has 0 saturated heterocycles. The number of rotatable bonds is 38. The van der Waals surface area contributed by atoms with Crippen LogP contribution >= 0.6 is 0 Å². The van der Waals surface area contributed by atoms with Crippen LogP contribution in [0.1, 0.15) is 220 Å². The van der Waals surface area contributed by atoms with E-state index in [0.717, 1.165) is 56.3 Å². The van der Waals surface area contributed by atoms with Crippen molar-refractivity contribution in [2.45, 2.75) is 220 Å². The number of quaternary nitrogens is 1. The second-order valence-electron chi connectivity index (χ2n) is 14.6. The highest BCUT2D eigenvalue weighted by Crippen LogP contribution is 2.15. The fourth-order valence-electron chi connectivity index (χ4n) is 6.75. The standard InChI is InChI=1S/C42H84NO4/c1-5-9-11-13-15-17-19-21-22-24-26-28-30-32-34-36-42(45)47-40-38-43(7-3,8-4)37-39-46-41(44)35-33-31-29-27-25-23-20-18-16-14-12-10-6-2/h5-40H2,1-4H3/q+1. The van der Waals surface area contributed by atoms with Crippen molar-refractivity contribution < 1.29 is 23.5 Å². The highest BCUT2D eigenvalue weighted by atomic mass is 16.5. The number of carbonyl (C=O) groups excluding carboxylic acids is 2. The summed E-state index contributed by atoms with van der Waals surface area (Å²) in [7, 11) is 0. The molecule has 0 aliphatic carbocycles. The van der Waals surface area contributed by atoms with Gasteiger partial charge in [-0.15, -0.1) is 0 Å². The van der Waals surface area contributed by atoms with Gasteiger partial charge in [0.1, 0.15) is 26.3 Å². The zero-order valence-corrected chi connectivity index (χ0v) is 32.5. The molecule has 5 heteroatoms. The minimum atomic E-state index is -0.0618. The quantitative estimate of drug-likeness (QED) is 0.0374. The molecule has 0 N–H and O–H groups in total. The summed E-state index contributed by atoms with van der Waals surface area (Å²) >= 11 is 0. The second kappa shape index (κ2) is 36.2. The molecule has 0 aromatic heterocycles. The third-order valence-electron chi connectivity index (χ3n) is 10.5. The Morgan fingerprint density at radius 1 is 0.362 bits per heavy atom. The molecule has 0 spiro atoms. The Morgan fingerprint density at radius 3 is 0.830 bits per heavy atom. The zero-order chi connectivity index (χ0) is 34.5. The first-order chi connectivity index (χ1) is 23.0. The summed E-state index contributed by atoms with van der Waals surface area (Å²) in [5, 5.41) is 0. The molecule has 280 valence electrons. The van der Waals surface area contributed by atoms with E-state index in [1.807, 2.05) is 0 Å². The lowest BCUT2D eigenvalue weighted by Crippen LogP contribution is -2.52. The van der Waals surface area contributed by atoms with Crippen LogP contribution in [0.4, 0.5) is 0 Å². The summed E-state index contributed by atoms with van der Waals surface area (Å²) < 4.78 is 12.0. The van der Waals surface area contributed by atoms with Gasteiger partial charge in [-0.25, -0.2) is 0 Å². The van der Waals surface area contributed by atoms with E-state index < -0.39 is 0 Å². The Morgan fingerprint density at radius 2 is 0.596 bits per heavy atom. The number of hydrogen-bond acceptors (Lipinski definition) is 4. The number of unbranched alkanes of at least 4 members (excludes halogenated alkanes) is 26. The SMILES string of the molecule is CCCCCCCCCCCCCCCCCC(=O)OCC[N+](CC)(CC)CCOC(=O)CCCCCCCCCCCCCCC. The molecule has 0 rings (SSSR count). The molecule has 0 aromatic rings. The molecule has 0 bridgehead atoms. The largest absolute Gasteiger partial charge is 0.460 e. The number of hydrogen-bond donors (Lipinski definition) is 0. The van der Waals surface area contributed by atoms with Crippen LogP contribution < -0.4 is 0 Å². The zero-order valence-electron chi connectivity index (χ0n) is 32.5. The number of nitrogens with zero attached hydrogens (tertiary/aromatic N) is 1. The highest BCUT2D eigenvalue weighted by molar-refractivity contribution is 5.69. The molecule has 0 aromatic carbocycles. The third-order valence-corrected chi connectivity index (χ3v) is 10.5. The summed E-state index contributed by atoms with van der Waals surface area (Å²) in [5.41, 5.74) is 0. The van der Waals surface area contributed by atoms with Crippen molar-refractivity contribution in [2.24, 2.45) is 0 Å². The summed E-state index contributed by atoms with van der Waals surface area (Å²) in [6.07, 6.45) is 38.0. The van der Waals surface area contributed by atoms with Crippen molar-refractivity contribution in [1.29, 1.82) is 0 Å². The number of carbonyl (C=O) groups is 2. The van der Waals surface area contributed by atoms with Crippen LogP contribution in [0, 0.1) is 0 Å². The summed E-state index contributed by atoms with van der Waals surface area (Å²) in [6, 6.07) is 0. The molecule has 0 amide bonds. The van der Waals surface area contributed by atoms with Crippen LogP contribution in [0.3, 0.4) is 0 Å². The molecule has 0 aliphatic rings. The van der Waals surface area contributed by atoms with Gasteiger partial charge in [0, 0.05) is 12.8 Å². The van der Waals surface area contributed by atoms with Crippen LogP contribution in [0.2, 0.25) is 0 Å². The van der Waals surface area contributed by atoms with Crippen molar-refractivity contribution in [1.82, 2.24) is 0 Å². The minimum Gasteiger partial charge on any atom is -0.460 e. The van der Waals surface area contributed by atoms with E-state index in [2.05, 4.69) is 27.7 Å². The molecule has 0 unspecified atom stereocenters. The highest BCUT2D eigenvalue weighted by Gasteiger charge is 2.24. The van der Waals surface area contributed by atoms with E-state index in [9.17, 15) is 9.59 Å². The van der Waals surface area contributed by atoms with Gasteiger partial charge in [0.05, 0.1) is 13.1 Å². The fraction of sp³-hybridized carbons (Fsp3) is 0.952. The van der Waals surface area contributed by atoms with Crippen LogP contribution in [0.5, 0.6) is 0 Å². The van der Waals surface area contributed by atoms with E-state index in [1.165, 1.54) is 154 Å². The summed E-state index contributed by atoms with van der Waals surface area (Å²) in [6.45, 7) is 13.3. The first kappa shape index (κ1) is 45.9. The molecule has 0 fully saturated rings. The van der Waals surface area contributed by atoms with Gasteiger partial charge in [-0.3, -0.25) is 9.59 Å². The van der Waals surface area contributed by atoms with Gasteiger partial charge >= 0.3 is 11.9 Å². The lowest BCUT2D eigenvalue weighted by atomic mass is 10.0. The lowest BCUT2D eigenvalue weighted by molar-refractivity contribution is -0.925. The van der Waals surface area contributed by atoms with Crippen LogP contribution in [-0.2, 0) is 19.1 Å². The van der Waals surface area contributed by atoms with Gasteiger partial charge in [-0.1, -0.05) is 181 Å². The smallest absolute Gasteiger partial charge is 0.305 e. The predicted octanol–water partition coefficient (Wildman–Crippen LogP) is 12.7. The molecule has 0 saturated carbocycles. The molecular weight excluding hydrogens is 582 g/mol. The van der Waals surface area contributed by atoms with Gasteiger partial charge in [0.15, 0.2) is 0 Å². The maximum atomic E-state index is 12.3. The van der Waals surface area contributed by atoms with Gasteiger partial charge in [0.25, 0.3) is 0 Å². The van der Waals surface area contributed by atoms with Crippen molar-refractivity contribution in [3.8, 4) is 0 Å². The molecule has 0 aliphatic heterocycles. The first-order valence-corrected chi connectivity index (χ1v) is 21.2. The normalized spacial score (nSPS) is 11.7. The third kappa shape index (κ3) is 31.9. The van der Waals surface area contributed by atoms with E-state index in [-0.39, 0.29) is 11.9 Å². The van der Waals surface area contributed by atoms with Crippen LogP contribution in [-0.4, -0.2) is 55.8 Å². The van der Waals surface area contributed by atoms with Crippen molar-refractivity contribution >= 4 is 11.9 Å². The van der Waals surface area contributed by atoms with E-state index in [0.29, 0.717) is 26.1 Å². The molecule has 0 radical (unpaired) electrons. The lowest BCUT2D eigenvalue weighted by Gasteiger charge is -2.36. The molecular formula is C42H84NO4+. The number of likely N-dealkylation sites (N-methyl/N-ethyl adjacent to an activating group) is 1. The molecule has 5 nitrogen and oxygen atoms in total. The van der Waals surface area contributed by atoms with Crippen LogP contribution in [0.25, 0.3) is 0 Å². The van der Waals surface area contributed by atoms with E-state index in [1.54, 1.807) is 0 Å². The van der Waals surface area contributed by atoms with Gasteiger partial charge in [0.2, 0.25) is 0 Å². The topological polar surface area (TPSA) is 52.6 Å². The molecule has 0 heterocycles. The van der Waals surface area contributed by atoms with E-state index in [4.69, 9.17) is 9.47 Å². The Hall–Kier alpha value is -1.10. The maximum absolute atomic E-state index is 12.3. The summed E-state index contributed by atoms with van der Waals surface area (Å²) in [4.78, 5) is 24.6. The first-order valence-electron chi connectivity index (χ1n) is 21.2. The van der Waals surface area contributed by atoms with Crippen molar-refractivity contribution in [3.05, 3.63) is 0 Å². The van der Waals surface area contributed by atoms with Gasteiger partial charge in [-0.2, -0.15) is 0 Å². The number of esters is 2. The monoisotopic (exact) mass is 667 g/mol. The maximum Gasteiger partial charge on any atom is 0.305 e. The average molecular weight is 667 g/mol. The average Bonchev–Trinajstić information content (AvgIpc) is 3.08. The van der Waals surface area contributed by atoms with Crippen molar-refractivity contribution in [3.63, 3.8) is 0 Å². The Kier molecular flexibility index (Phi) is 35.3. The predicted molar refractivity (Wildman–Crippen MR) is 203 cm³/mol. The fourth-order valence-corrected chi connectivity index (χ4v) is 6.75. The minimum absolute atomic E-state index is 0.0609. The molecule has 47 heavy (non-hydrogen) atoms. The Labute approximate surface area is 294 Å². The second-order valence-corrected chi connectivity index (χ2v) is 14.6. The Balaban J connectivity index is 3.71. The number of ether oxygens (including phenoxy) is 2. The van der Waals surface area contributed by atoms with Gasteiger partial charge < -0.3 is 14.0 Å².